The van der Waals surface area contributed by atoms with Crippen molar-refractivity contribution in [3.63, 3.8) is 0 Å². The molecule has 0 saturated heterocycles. The van der Waals surface area contributed by atoms with Crippen LogP contribution in [0.1, 0.15) is 18.5 Å². The van der Waals surface area contributed by atoms with Crippen molar-refractivity contribution in [2.24, 2.45) is 0 Å². The number of benzene rings is 1. The van der Waals surface area contributed by atoms with E-state index in [1.807, 2.05) is 19.1 Å². The monoisotopic (exact) mass is 235 g/mol. The van der Waals surface area contributed by atoms with E-state index in [2.05, 4.69) is 11.9 Å². The minimum absolute atomic E-state index is 0.152. The maximum Gasteiger partial charge on any atom is 0.243 e. The topological polar surface area (TPSA) is 47.6 Å². The van der Waals surface area contributed by atoms with Gasteiger partial charge in [-0.3, -0.25) is 4.79 Å². The van der Waals surface area contributed by atoms with Crippen molar-refractivity contribution in [1.82, 2.24) is 5.32 Å². The van der Waals surface area contributed by atoms with Crippen LogP contribution in [0.2, 0.25) is 0 Å². The van der Waals surface area contributed by atoms with E-state index in [1.165, 1.54) is 6.08 Å². The molecule has 0 bridgehead atoms. The van der Waals surface area contributed by atoms with Gasteiger partial charge in [-0.15, -0.1) is 0 Å². The van der Waals surface area contributed by atoms with E-state index in [9.17, 15) is 4.79 Å². The van der Waals surface area contributed by atoms with Gasteiger partial charge in [0.1, 0.15) is 11.5 Å². The van der Waals surface area contributed by atoms with Crippen LogP contribution in [0.4, 0.5) is 0 Å². The third-order valence-electron chi connectivity index (χ3n) is 2.45. The van der Waals surface area contributed by atoms with Crippen LogP contribution in [0.25, 0.3) is 0 Å². The second-order valence-electron chi connectivity index (χ2n) is 3.54. The summed E-state index contributed by atoms with van der Waals surface area (Å²) < 4.78 is 10.4. The number of carbonyl (C=O) groups excluding carboxylic acids is 1. The highest BCUT2D eigenvalue weighted by Crippen LogP contribution is 2.29. The average Bonchev–Trinajstić information content (AvgIpc) is 2.37. The lowest BCUT2D eigenvalue weighted by Crippen LogP contribution is -2.24. The molecule has 1 N–H and O–H groups in total. The Kier molecular flexibility index (Phi) is 4.57. The zero-order chi connectivity index (χ0) is 12.8. The summed E-state index contributed by atoms with van der Waals surface area (Å²) in [5, 5.41) is 2.78. The number of carbonyl (C=O) groups is 1. The number of rotatable bonds is 5. The van der Waals surface area contributed by atoms with E-state index in [1.54, 1.807) is 20.3 Å². The fourth-order valence-electron chi connectivity index (χ4n) is 1.53. The summed E-state index contributed by atoms with van der Waals surface area (Å²) in [6.07, 6.45) is 1.24. The van der Waals surface area contributed by atoms with Crippen LogP contribution >= 0.6 is 0 Å². The van der Waals surface area contributed by atoms with Crippen LogP contribution in [0.3, 0.4) is 0 Å². The van der Waals surface area contributed by atoms with Crippen molar-refractivity contribution in [1.29, 1.82) is 0 Å². The number of methoxy groups -OCH3 is 2. The first-order valence-corrected chi connectivity index (χ1v) is 5.27. The second-order valence-corrected chi connectivity index (χ2v) is 3.54. The number of ether oxygens (including phenoxy) is 2. The predicted molar refractivity (Wildman–Crippen MR) is 66.3 cm³/mol. The maximum absolute atomic E-state index is 11.2. The molecule has 0 aliphatic rings. The highest BCUT2D eigenvalue weighted by atomic mass is 16.5. The van der Waals surface area contributed by atoms with Crippen molar-refractivity contribution in [3.8, 4) is 11.5 Å². The van der Waals surface area contributed by atoms with Crippen molar-refractivity contribution < 1.29 is 14.3 Å². The molecule has 0 heterocycles. The third kappa shape index (κ3) is 3.24. The minimum Gasteiger partial charge on any atom is -0.497 e. The summed E-state index contributed by atoms with van der Waals surface area (Å²) in [5.41, 5.74) is 0.892. The third-order valence-corrected chi connectivity index (χ3v) is 2.45. The van der Waals surface area contributed by atoms with Crippen LogP contribution in [0.15, 0.2) is 30.9 Å². The molecule has 1 amide bonds. The van der Waals surface area contributed by atoms with E-state index in [0.29, 0.717) is 11.5 Å². The molecule has 0 unspecified atom stereocenters. The molecule has 0 radical (unpaired) electrons. The summed E-state index contributed by atoms with van der Waals surface area (Å²) in [5.74, 6) is 1.18. The molecule has 0 spiro atoms. The number of nitrogens with one attached hydrogen (secondary N) is 1. The number of hydrogen-bond donors (Lipinski definition) is 1. The lowest BCUT2D eigenvalue weighted by molar-refractivity contribution is -0.117. The Hall–Kier alpha value is -1.97. The summed E-state index contributed by atoms with van der Waals surface area (Å²) in [6.45, 7) is 5.29. The van der Waals surface area contributed by atoms with E-state index in [-0.39, 0.29) is 11.9 Å². The quantitative estimate of drug-likeness (QED) is 0.795. The van der Waals surface area contributed by atoms with Gasteiger partial charge >= 0.3 is 0 Å². The molecule has 0 saturated carbocycles. The van der Waals surface area contributed by atoms with Crippen LogP contribution in [0, 0.1) is 0 Å². The van der Waals surface area contributed by atoms with Crippen molar-refractivity contribution in [2.45, 2.75) is 13.0 Å². The largest absolute Gasteiger partial charge is 0.497 e. The van der Waals surface area contributed by atoms with Gasteiger partial charge < -0.3 is 14.8 Å². The highest BCUT2D eigenvalue weighted by Gasteiger charge is 2.13. The van der Waals surface area contributed by atoms with Gasteiger partial charge in [0, 0.05) is 11.6 Å². The van der Waals surface area contributed by atoms with Gasteiger partial charge in [-0.1, -0.05) is 6.58 Å². The fourth-order valence-corrected chi connectivity index (χ4v) is 1.53. The first kappa shape index (κ1) is 13.1. The first-order chi connectivity index (χ1) is 8.12. The first-order valence-electron chi connectivity index (χ1n) is 5.27. The molecule has 4 heteroatoms. The second kappa shape index (κ2) is 5.94. The molecular formula is C13H17NO3. The standard InChI is InChI=1S/C13H17NO3/c1-5-13(15)14-9(2)11-7-6-10(16-3)8-12(11)17-4/h5-9H,1H2,2-4H3,(H,14,15)/t9-/m0/s1. The van der Waals surface area contributed by atoms with Crippen molar-refractivity contribution in [3.05, 3.63) is 36.4 Å². The van der Waals surface area contributed by atoms with Gasteiger partial charge in [-0.05, 0) is 25.1 Å². The molecule has 0 aromatic heterocycles. The van der Waals surface area contributed by atoms with Gasteiger partial charge in [-0.25, -0.2) is 0 Å². The molecule has 1 rings (SSSR count). The van der Waals surface area contributed by atoms with Gasteiger partial charge in [-0.2, -0.15) is 0 Å². The maximum atomic E-state index is 11.2. The Bertz CT molecular complexity index is 415. The van der Waals surface area contributed by atoms with Crippen LogP contribution in [-0.2, 0) is 4.79 Å². The normalized spacial score (nSPS) is 11.5. The molecule has 1 atom stereocenters. The minimum atomic E-state index is -0.213. The summed E-state index contributed by atoms with van der Waals surface area (Å²) in [6, 6.07) is 5.33. The van der Waals surface area contributed by atoms with Gasteiger partial charge in [0.25, 0.3) is 0 Å². The van der Waals surface area contributed by atoms with Crippen LogP contribution in [0.5, 0.6) is 11.5 Å². The van der Waals surface area contributed by atoms with E-state index < -0.39 is 0 Å². The fraction of sp³-hybridized carbons (Fsp3) is 0.308. The summed E-state index contributed by atoms with van der Waals surface area (Å²) in [7, 11) is 3.18. The lowest BCUT2D eigenvalue weighted by atomic mass is 10.1. The Morgan fingerprint density at radius 1 is 1.41 bits per heavy atom. The van der Waals surface area contributed by atoms with Crippen molar-refractivity contribution >= 4 is 5.91 Å². The Labute approximate surface area is 101 Å². The number of hydrogen-bond acceptors (Lipinski definition) is 3. The van der Waals surface area contributed by atoms with Gasteiger partial charge in [0.15, 0.2) is 0 Å². The van der Waals surface area contributed by atoms with E-state index >= 15 is 0 Å². The molecule has 92 valence electrons. The lowest BCUT2D eigenvalue weighted by Gasteiger charge is -2.17. The van der Waals surface area contributed by atoms with Gasteiger partial charge in [0.2, 0.25) is 5.91 Å². The summed E-state index contributed by atoms with van der Waals surface area (Å²) >= 11 is 0. The molecule has 1 aromatic rings. The van der Waals surface area contributed by atoms with Crippen molar-refractivity contribution in [2.75, 3.05) is 14.2 Å². The number of amides is 1. The molecular weight excluding hydrogens is 218 g/mol. The summed E-state index contributed by atoms with van der Waals surface area (Å²) in [4.78, 5) is 11.2. The Morgan fingerprint density at radius 3 is 2.65 bits per heavy atom. The molecule has 1 aromatic carbocycles. The SMILES string of the molecule is C=CC(=O)N[C@@H](C)c1ccc(OC)cc1OC. The van der Waals surface area contributed by atoms with Gasteiger partial charge in [0.05, 0.1) is 20.3 Å². The average molecular weight is 235 g/mol. The zero-order valence-electron chi connectivity index (χ0n) is 10.3. The Balaban J connectivity index is 2.96. The zero-order valence-corrected chi connectivity index (χ0v) is 10.3. The molecule has 0 aliphatic carbocycles. The predicted octanol–water partition coefficient (Wildman–Crippen LogP) is 2.07. The smallest absolute Gasteiger partial charge is 0.243 e. The molecule has 17 heavy (non-hydrogen) atoms. The van der Waals surface area contributed by atoms with Crippen LogP contribution in [-0.4, -0.2) is 20.1 Å². The molecule has 0 aliphatic heterocycles. The Morgan fingerprint density at radius 2 is 2.12 bits per heavy atom. The van der Waals surface area contributed by atoms with E-state index in [4.69, 9.17) is 9.47 Å². The van der Waals surface area contributed by atoms with Crippen LogP contribution < -0.4 is 14.8 Å². The molecule has 4 nitrogen and oxygen atoms in total. The highest BCUT2D eigenvalue weighted by molar-refractivity contribution is 5.87. The van der Waals surface area contributed by atoms with E-state index in [0.717, 1.165) is 5.56 Å². The molecule has 0 fully saturated rings.